The maximum absolute atomic E-state index is 13.5. The summed E-state index contributed by atoms with van der Waals surface area (Å²) >= 11 is 0. The van der Waals surface area contributed by atoms with E-state index in [1.165, 1.54) is 0 Å². The maximum atomic E-state index is 13.5. The quantitative estimate of drug-likeness (QED) is 0.377. The van der Waals surface area contributed by atoms with Crippen molar-refractivity contribution >= 4 is 11.9 Å². The summed E-state index contributed by atoms with van der Waals surface area (Å²) in [5.74, 6) is -4.45. The van der Waals surface area contributed by atoms with Gasteiger partial charge in [0.2, 0.25) is 5.82 Å². The van der Waals surface area contributed by atoms with Gasteiger partial charge in [-0.25, -0.2) is 8.78 Å². The van der Waals surface area contributed by atoms with Crippen molar-refractivity contribution in [3.8, 4) is 5.75 Å². The Balaban J connectivity index is 1.57. The molecular formula is C20H15F3N2O. The van der Waals surface area contributed by atoms with Crippen LogP contribution in [0.2, 0.25) is 0 Å². The number of benzene rings is 3. The molecule has 0 spiro atoms. The molecule has 0 saturated carbocycles. The third kappa shape index (κ3) is 4.42. The molecular weight excluding hydrogens is 341 g/mol. The molecule has 0 amide bonds. The zero-order valence-corrected chi connectivity index (χ0v) is 13.6. The van der Waals surface area contributed by atoms with Crippen LogP contribution in [-0.2, 0) is 6.61 Å². The summed E-state index contributed by atoms with van der Waals surface area (Å²) in [6.45, 7) is 0.0294. The van der Waals surface area contributed by atoms with Gasteiger partial charge in [-0.15, -0.1) is 0 Å². The van der Waals surface area contributed by atoms with Crippen LogP contribution >= 0.6 is 0 Å². The summed E-state index contributed by atoms with van der Waals surface area (Å²) in [7, 11) is 0. The molecule has 0 saturated heterocycles. The van der Waals surface area contributed by atoms with Gasteiger partial charge in [0, 0.05) is 0 Å². The predicted octanol–water partition coefficient (Wildman–Crippen LogP) is 5.13. The smallest absolute Gasteiger partial charge is 0.203 e. The molecule has 0 aliphatic rings. The molecule has 6 heteroatoms. The average Bonchev–Trinajstić information content (AvgIpc) is 2.67. The normalized spacial score (nSPS) is 10.9. The van der Waals surface area contributed by atoms with Crippen LogP contribution in [0.25, 0.3) is 0 Å². The minimum absolute atomic E-state index is 0.0294. The number of hydrogen-bond donors (Lipinski definition) is 1. The van der Waals surface area contributed by atoms with Crippen LogP contribution in [0.5, 0.6) is 5.75 Å². The second kappa shape index (κ2) is 8.20. The first-order valence-electron chi connectivity index (χ1n) is 7.83. The third-order valence-electron chi connectivity index (χ3n) is 3.55. The fourth-order valence-corrected chi connectivity index (χ4v) is 2.17. The Bertz CT molecular complexity index is 897. The topological polar surface area (TPSA) is 33.6 Å². The number of hydrogen-bond acceptors (Lipinski definition) is 3. The molecule has 3 aromatic rings. The van der Waals surface area contributed by atoms with Crippen LogP contribution in [0.4, 0.5) is 18.9 Å². The molecule has 3 nitrogen and oxygen atoms in total. The van der Waals surface area contributed by atoms with Crippen molar-refractivity contribution in [1.29, 1.82) is 0 Å². The lowest BCUT2D eigenvalue weighted by molar-refractivity contribution is 0.281. The first-order chi connectivity index (χ1) is 12.6. The van der Waals surface area contributed by atoms with E-state index in [9.17, 15) is 13.2 Å². The number of nitrogens with zero attached hydrogens (tertiary/aromatic N) is 1. The Morgan fingerprint density at radius 1 is 0.846 bits per heavy atom. The fourth-order valence-electron chi connectivity index (χ4n) is 2.17. The van der Waals surface area contributed by atoms with Crippen LogP contribution < -0.4 is 10.2 Å². The van der Waals surface area contributed by atoms with Gasteiger partial charge in [0.05, 0.1) is 11.9 Å². The molecule has 132 valence electrons. The highest BCUT2D eigenvalue weighted by molar-refractivity contribution is 5.80. The summed E-state index contributed by atoms with van der Waals surface area (Å²) < 4.78 is 44.8. The van der Waals surface area contributed by atoms with E-state index in [2.05, 4.69) is 10.5 Å². The number of ether oxygens (including phenoxy) is 1. The van der Waals surface area contributed by atoms with Gasteiger partial charge < -0.3 is 4.74 Å². The Morgan fingerprint density at radius 2 is 1.58 bits per heavy atom. The summed E-state index contributed by atoms with van der Waals surface area (Å²) in [4.78, 5) is 0. The van der Waals surface area contributed by atoms with Crippen molar-refractivity contribution in [2.24, 2.45) is 5.10 Å². The van der Waals surface area contributed by atoms with E-state index in [-0.39, 0.29) is 12.4 Å². The van der Waals surface area contributed by atoms with Gasteiger partial charge >= 0.3 is 0 Å². The van der Waals surface area contributed by atoms with Crippen LogP contribution in [0.15, 0.2) is 71.8 Å². The summed E-state index contributed by atoms with van der Waals surface area (Å²) in [5, 5.41) is 4.13. The lowest BCUT2D eigenvalue weighted by Crippen LogP contribution is -2.00. The molecule has 3 rings (SSSR count). The second-order valence-corrected chi connectivity index (χ2v) is 5.44. The summed E-state index contributed by atoms with van der Waals surface area (Å²) in [6, 6.07) is 18.6. The summed E-state index contributed by atoms with van der Waals surface area (Å²) in [6.07, 6.45) is 1.66. The van der Waals surface area contributed by atoms with E-state index in [1.54, 1.807) is 18.3 Å². The number of nitrogens with one attached hydrogen (secondary N) is 1. The van der Waals surface area contributed by atoms with Gasteiger partial charge in [0.25, 0.3) is 0 Å². The highest BCUT2D eigenvalue weighted by atomic mass is 19.2. The van der Waals surface area contributed by atoms with Gasteiger partial charge in [0.15, 0.2) is 17.4 Å². The maximum Gasteiger partial charge on any atom is 0.203 e. The largest absolute Gasteiger partial charge is 0.486 e. The standard InChI is InChI=1S/C20H15F3N2O/c21-17-10-11-18(20(23)19(17)22)26-13-15-8-6-14(7-9-15)12-24-25-16-4-2-1-3-5-16/h1-12,25H,13H2. The molecule has 0 aliphatic heterocycles. The van der Waals surface area contributed by atoms with E-state index < -0.39 is 17.5 Å². The molecule has 1 N–H and O–H groups in total. The van der Waals surface area contributed by atoms with Crippen molar-refractivity contribution in [1.82, 2.24) is 0 Å². The predicted molar refractivity (Wildman–Crippen MR) is 94.7 cm³/mol. The second-order valence-electron chi connectivity index (χ2n) is 5.44. The highest BCUT2D eigenvalue weighted by Crippen LogP contribution is 2.22. The Morgan fingerprint density at radius 3 is 2.31 bits per heavy atom. The van der Waals surface area contributed by atoms with Gasteiger partial charge in [-0.3, -0.25) is 5.43 Å². The first-order valence-corrected chi connectivity index (χ1v) is 7.83. The van der Waals surface area contributed by atoms with Crippen LogP contribution in [0, 0.1) is 17.5 Å². The SMILES string of the molecule is Fc1ccc(OCc2ccc(C=NNc3ccccc3)cc2)c(F)c1F. The number of rotatable bonds is 6. The van der Waals surface area contributed by atoms with Crippen LogP contribution in [0.1, 0.15) is 11.1 Å². The molecule has 0 unspecified atom stereocenters. The molecule has 3 aromatic carbocycles. The van der Waals surface area contributed by atoms with E-state index >= 15 is 0 Å². The lowest BCUT2D eigenvalue weighted by atomic mass is 10.1. The van der Waals surface area contributed by atoms with E-state index in [0.717, 1.165) is 28.9 Å². The Labute approximate surface area is 148 Å². The minimum Gasteiger partial charge on any atom is -0.486 e. The number of hydrazone groups is 1. The molecule has 0 radical (unpaired) electrons. The van der Waals surface area contributed by atoms with Crippen molar-refractivity contribution in [3.05, 3.63) is 95.3 Å². The number of para-hydroxylation sites is 1. The zero-order valence-electron chi connectivity index (χ0n) is 13.6. The average molecular weight is 356 g/mol. The van der Waals surface area contributed by atoms with Crippen molar-refractivity contribution < 1.29 is 17.9 Å². The lowest BCUT2D eigenvalue weighted by Gasteiger charge is -2.08. The van der Waals surface area contributed by atoms with Gasteiger partial charge in [0.1, 0.15) is 6.61 Å². The summed E-state index contributed by atoms with van der Waals surface area (Å²) in [5.41, 5.74) is 5.39. The fraction of sp³-hybridized carbons (Fsp3) is 0.0500. The molecule has 0 bridgehead atoms. The van der Waals surface area contributed by atoms with Gasteiger partial charge in [-0.05, 0) is 35.4 Å². The molecule has 26 heavy (non-hydrogen) atoms. The molecule has 0 fully saturated rings. The molecule has 0 aromatic heterocycles. The van der Waals surface area contributed by atoms with E-state index in [4.69, 9.17) is 4.74 Å². The molecule has 0 aliphatic carbocycles. The van der Waals surface area contributed by atoms with E-state index in [0.29, 0.717) is 0 Å². The Kier molecular flexibility index (Phi) is 5.53. The van der Waals surface area contributed by atoms with Gasteiger partial charge in [-0.2, -0.15) is 9.49 Å². The van der Waals surface area contributed by atoms with Crippen LogP contribution in [-0.4, -0.2) is 6.21 Å². The van der Waals surface area contributed by atoms with Crippen molar-refractivity contribution in [2.45, 2.75) is 6.61 Å². The monoisotopic (exact) mass is 356 g/mol. The zero-order chi connectivity index (χ0) is 18.4. The van der Waals surface area contributed by atoms with Crippen molar-refractivity contribution in [2.75, 3.05) is 5.43 Å². The van der Waals surface area contributed by atoms with Crippen LogP contribution in [0.3, 0.4) is 0 Å². The number of anilines is 1. The highest BCUT2D eigenvalue weighted by Gasteiger charge is 2.14. The minimum atomic E-state index is -1.54. The first kappa shape index (κ1) is 17.5. The van der Waals surface area contributed by atoms with Gasteiger partial charge in [-0.1, -0.05) is 42.5 Å². The van der Waals surface area contributed by atoms with E-state index in [1.807, 2.05) is 42.5 Å². The molecule has 0 heterocycles. The van der Waals surface area contributed by atoms with Crippen molar-refractivity contribution in [3.63, 3.8) is 0 Å². The third-order valence-corrected chi connectivity index (χ3v) is 3.55. The Hall–Kier alpha value is -3.28. The number of halogens is 3. The molecule has 0 atom stereocenters.